The summed E-state index contributed by atoms with van der Waals surface area (Å²) in [5.74, 6) is -3.41. The smallest absolute Gasteiger partial charge is 0.167 e. The zero-order chi connectivity index (χ0) is 24.5. The molecule has 0 aliphatic carbocycles. The minimum Gasteiger partial charge on any atom is -0.489 e. The summed E-state index contributed by atoms with van der Waals surface area (Å²) >= 11 is 0. The van der Waals surface area contributed by atoms with Crippen LogP contribution < -0.4 is 4.74 Å². The molecule has 1 unspecified atom stereocenters. The molecule has 0 bridgehead atoms. The first kappa shape index (κ1) is 22.9. The van der Waals surface area contributed by atoms with Crippen molar-refractivity contribution in [3.05, 3.63) is 119 Å². The maximum absolute atomic E-state index is 14.7. The maximum Gasteiger partial charge on any atom is 0.167 e. The number of epoxide rings is 1. The third kappa shape index (κ3) is 4.57. The average molecular weight is 476 g/mol. The molecule has 1 saturated heterocycles. The van der Waals surface area contributed by atoms with E-state index >= 15 is 0 Å². The highest BCUT2D eigenvalue weighted by atomic mass is 19.2. The molecular weight excluding hydrogens is 456 g/mol. The molecule has 0 saturated carbocycles. The molecule has 5 rings (SSSR count). The van der Waals surface area contributed by atoms with Gasteiger partial charge in [-0.2, -0.15) is 0 Å². The Morgan fingerprint density at radius 2 is 1.31 bits per heavy atom. The van der Waals surface area contributed by atoms with Crippen molar-refractivity contribution in [3.63, 3.8) is 0 Å². The van der Waals surface area contributed by atoms with E-state index in [0.717, 1.165) is 5.56 Å². The van der Waals surface area contributed by atoms with Gasteiger partial charge in [-0.25, -0.2) is 17.6 Å². The van der Waals surface area contributed by atoms with Gasteiger partial charge in [-0.3, -0.25) is 0 Å². The van der Waals surface area contributed by atoms with E-state index in [1.165, 1.54) is 24.3 Å². The molecular formula is C29H20F4O2. The highest BCUT2D eigenvalue weighted by Crippen LogP contribution is 2.36. The standard InChI is InChI=1S/C29H20F4O2/c1-2-17-3-5-18(6-4-17)22-12-9-20(26(30)27(22)31)15-34-21-10-7-19(8-11-21)23-13-14-24(25-16-35-25)29(33)28(23)32/h2-14,25H,1,15-16H2. The Morgan fingerprint density at radius 1 is 0.743 bits per heavy atom. The third-order valence-electron chi connectivity index (χ3n) is 5.97. The molecule has 0 amide bonds. The number of ether oxygens (including phenoxy) is 2. The Hall–Kier alpha value is -3.90. The van der Waals surface area contributed by atoms with E-state index in [-0.39, 0.29) is 35.0 Å². The van der Waals surface area contributed by atoms with Crippen LogP contribution in [0.1, 0.15) is 22.8 Å². The van der Waals surface area contributed by atoms with Gasteiger partial charge < -0.3 is 9.47 Å². The minimum absolute atomic E-state index is 0.0593. The first-order valence-electron chi connectivity index (χ1n) is 11.0. The molecule has 1 aliphatic rings. The third-order valence-corrected chi connectivity index (χ3v) is 5.97. The van der Waals surface area contributed by atoms with Gasteiger partial charge in [0.25, 0.3) is 0 Å². The van der Waals surface area contributed by atoms with Crippen LogP contribution in [0.2, 0.25) is 0 Å². The van der Waals surface area contributed by atoms with Gasteiger partial charge in [-0.1, -0.05) is 73.3 Å². The lowest BCUT2D eigenvalue weighted by molar-refractivity contribution is 0.297. The van der Waals surface area contributed by atoms with Gasteiger partial charge in [-0.15, -0.1) is 0 Å². The van der Waals surface area contributed by atoms with E-state index in [1.54, 1.807) is 54.6 Å². The Kier molecular flexibility index (Phi) is 6.14. The summed E-state index contributed by atoms with van der Waals surface area (Å²) in [5.41, 5.74) is 2.42. The quantitative estimate of drug-likeness (QED) is 0.200. The Morgan fingerprint density at radius 3 is 1.91 bits per heavy atom. The number of halogens is 4. The van der Waals surface area contributed by atoms with E-state index in [0.29, 0.717) is 23.5 Å². The fourth-order valence-electron chi connectivity index (χ4n) is 3.88. The van der Waals surface area contributed by atoms with E-state index in [1.807, 2.05) is 0 Å². The first-order chi connectivity index (χ1) is 17.0. The van der Waals surface area contributed by atoms with Gasteiger partial charge in [-0.05, 0) is 28.8 Å². The molecule has 0 radical (unpaired) electrons. The molecule has 1 atom stereocenters. The molecule has 6 heteroatoms. The molecule has 4 aromatic carbocycles. The molecule has 35 heavy (non-hydrogen) atoms. The monoisotopic (exact) mass is 476 g/mol. The molecule has 1 fully saturated rings. The Balaban J connectivity index is 1.30. The molecule has 0 N–H and O–H groups in total. The molecule has 0 spiro atoms. The van der Waals surface area contributed by atoms with Crippen LogP contribution in [0.5, 0.6) is 5.75 Å². The number of hydrogen-bond acceptors (Lipinski definition) is 2. The molecule has 1 heterocycles. The number of benzene rings is 4. The lowest BCUT2D eigenvalue weighted by Crippen LogP contribution is -2.02. The molecule has 0 aromatic heterocycles. The molecule has 2 nitrogen and oxygen atoms in total. The molecule has 4 aromatic rings. The largest absolute Gasteiger partial charge is 0.489 e. The van der Waals surface area contributed by atoms with Crippen molar-refractivity contribution in [2.75, 3.05) is 6.61 Å². The predicted octanol–water partition coefficient (Wildman–Crippen LogP) is 7.87. The minimum atomic E-state index is -0.982. The summed E-state index contributed by atoms with van der Waals surface area (Å²) in [7, 11) is 0. The van der Waals surface area contributed by atoms with Crippen molar-refractivity contribution in [3.8, 4) is 28.0 Å². The van der Waals surface area contributed by atoms with Crippen LogP contribution in [-0.4, -0.2) is 6.61 Å². The summed E-state index contributed by atoms with van der Waals surface area (Å²) in [4.78, 5) is 0. The predicted molar refractivity (Wildman–Crippen MR) is 127 cm³/mol. The second-order valence-electron chi connectivity index (χ2n) is 8.19. The van der Waals surface area contributed by atoms with Crippen LogP contribution in [0, 0.1) is 23.3 Å². The highest BCUT2D eigenvalue weighted by molar-refractivity contribution is 5.67. The fraction of sp³-hybridized carbons (Fsp3) is 0.103. The van der Waals surface area contributed by atoms with Gasteiger partial charge in [0.1, 0.15) is 18.5 Å². The average Bonchev–Trinajstić information content (AvgIpc) is 3.72. The van der Waals surface area contributed by atoms with Crippen LogP contribution in [0.3, 0.4) is 0 Å². The SMILES string of the molecule is C=Cc1ccc(-c2ccc(COc3ccc(-c4ccc(C5CO5)c(F)c4F)cc3)c(F)c2F)cc1. The zero-order valence-electron chi connectivity index (χ0n) is 18.5. The van der Waals surface area contributed by atoms with Crippen LogP contribution in [-0.2, 0) is 11.3 Å². The van der Waals surface area contributed by atoms with Gasteiger partial charge in [0.2, 0.25) is 0 Å². The summed E-state index contributed by atoms with van der Waals surface area (Å²) < 4.78 is 68.9. The van der Waals surface area contributed by atoms with E-state index < -0.39 is 23.3 Å². The lowest BCUT2D eigenvalue weighted by Gasteiger charge is -2.12. The summed E-state index contributed by atoms with van der Waals surface area (Å²) in [6.45, 7) is 3.87. The van der Waals surface area contributed by atoms with Gasteiger partial charge in [0, 0.05) is 22.3 Å². The van der Waals surface area contributed by atoms with Crippen molar-refractivity contribution in [2.24, 2.45) is 0 Å². The highest BCUT2D eigenvalue weighted by Gasteiger charge is 2.30. The van der Waals surface area contributed by atoms with Crippen molar-refractivity contribution >= 4 is 6.08 Å². The van der Waals surface area contributed by atoms with Crippen molar-refractivity contribution in [2.45, 2.75) is 12.7 Å². The molecule has 176 valence electrons. The molecule has 1 aliphatic heterocycles. The lowest BCUT2D eigenvalue weighted by atomic mass is 10.0. The van der Waals surface area contributed by atoms with Gasteiger partial charge in [0.15, 0.2) is 23.3 Å². The van der Waals surface area contributed by atoms with E-state index in [9.17, 15) is 17.6 Å². The number of hydrogen-bond donors (Lipinski definition) is 0. The number of rotatable bonds is 7. The maximum atomic E-state index is 14.7. The Bertz CT molecular complexity index is 1390. The van der Waals surface area contributed by atoms with E-state index in [4.69, 9.17) is 9.47 Å². The van der Waals surface area contributed by atoms with Crippen molar-refractivity contribution in [1.82, 2.24) is 0 Å². The van der Waals surface area contributed by atoms with Gasteiger partial charge >= 0.3 is 0 Å². The Labute approximate surface area is 200 Å². The van der Waals surface area contributed by atoms with Crippen LogP contribution in [0.15, 0.2) is 79.4 Å². The summed E-state index contributed by atoms with van der Waals surface area (Å²) in [6.07, 6.45) is 1.29. The van der Waals surface area contributed by atoms with Gasteiger partial charge in [0.05, 0.1) is 6.61 Å². The van der Waals surface area contributed by atoms with Crippen LogP contribution in [0.25, 0.3) is 28.3 Å². The normalized spacial score (nSPS) is 14.6. The second-order valence-corrected chi connectivity index (χ2v) is 8.19. The second kappa shape index (κ2) is 9.39. The summed E-state index contributed by atoms with van der Waals surface area (Å²) in [6, 6.07) is 19.3. The summed E-state index contributed by atoms with van der Waals surface area (Å²) in [5, 5.41) is 0. The fourth-order valence-corrected chi connectivity index (χ4v) is 3.88. The zero-order valence-corrected chi connectivity index (χ0v) is 18.5. The van der Waals surface area contributed by atoms with Crippen LogP contribution in [0.4, 0.5) is 17.6 Å². The van der Waals surface area contributed by atoms with Crippen molar-refractivity contribution < 1.29 is 27.0 Å². The first-order valence-corrected chi connectivity index (χ1v) is 11.0. The van der Waals surface area contributed by atoms with Crippen molar-refractivity contribution in [1.29, 1.82) is 0 Å². The van der Waals surface area contributed by atoms with Crippen LogP contribution >= 0.6 is 0 Å². The topological polar surface area (TPSA) is 21.8 Å². The van der Waals surface area contributed by atoms with E-state index in [2.05, 4.69) is 6.58 Å².